The second kappa shape index (κ2) is 8.93. The summed E-state index contributed by atoms with van der Waals surface area (Å²) in [7, 11) is 0. The van der Waals surface area contributed by atoms with Gasteiger partial charge in [0.25, 0.3) is 0 Å². The van der Waals surface area contributed by atoms with Crippen LogP contribution in [0, 0.1) is 6.92 Å². The van der Waals surface area contributed by atoms with Crippen LogP contribution in [-0.2, 0) is 0 Å². The molecule has 0 saturated carbocycles. The molecule has 40 heavy (non-hydrogen) atoms. The molecule has 2 nitrogen and oxygen atoms in total. The van der Waals surface area contributed by atoms with Gasteiger partial charge in [-0.15, -0.1) is 0 Å². The van der Waals surface area contributed by atoms with Crippen molar-refractivity contribution < 1.29 is 9.60 Å². The van der Waals surface area contributed by atoms with E-state index in [1.807, 2.05) is 85.8 Å². The molecule has 0 spiro atoms. The molecular formula is C38H26N2. The summed E-state index contributed by atoms with van der Waals surface area (Å²) in [6.07, 6.45) is 0. The number of rotatable bonds is 3. The van der Waals surface area contributed by atoms with Crippen molar-refractivity contribution >= 4 is 43.4 Å². The summed E-state index contributed by atoms with van der Waals surface area (Å²) in [5.41, 5.74) is 5.59. The van der Waals surface area contributed by atoms with Crippen LogP contribution < -0.4 is 0 Å². The second-order valence-corrected chi connectivity index (χ2v) is 9.84. The van der Waals surface area contributed by atoms with Gasteiger partial charge in [-0.05, 0) is 74.1 Å². The van der Waals surface area contributed by atoms with Gasteiger partial charge in [0.2, 0.25) is 0 Å². The molecule has 0 aliphatic heterocycles. The van der Waals surface area contributed by atoms with Crippen molar-refractivity contribution in [1.82, 2.24) is 9.55 Å². The molecule has 1 heterocycles. The Morgan fingerprint density at radius 2 is 1.12 bits per heavy atom. The maximum Gasteiger partial charge on any atom is 0.111 e. The van der Waals surface area contributed by atoms with Crippen molar-refractivity contribution in [1.29, 1.82) is 0 Å². The van der Waals surface area contributed by atoms with E-state index in [1.165, 1.54) is 0 Å². The van der Waals surface area contributed by atoms with Gasteiger partial charge in [0, 0.05) is 5.56 Å². The van der Waals surface area contributed by atoms with Gasteiger partial charge in [-0.3, -0.25) is 4.57 Å². The van der Waals surface area contributed by atoms with E-state index in [4.69, 9.17) is 13.2 Å². The van der Waals surface area contributed by atoms with Crippen LogP contribution in [0.3, 0.4) is 0 Å². The zero-order chi connectivity index (χ0) is 32.7. The van der Waals surface area contributed by atoms with Crippen molar-refractivity contribution in [3.05, 3.63) is 145 Å². The monoisotopic (exact) mass is 517 g/mol. The smallest absolute Gasteiger partial charge is 0.111 e. The van der Waals surface area contributed by atoms with Crippen molar-refractivity contribution in [3.63, 3.8) is 0 Å². The minimum absolute atomic E-state index is 0.0583. The highest BCUT2D eigenvalue weighted by molar-refractivity contribution is 6.24. The Morgan fingerprint density at radius 3 is 1.88 bits per heavy atom. The van der Waals surface area contributed by atoms with Crippen LogP contribution in [0.15, 0.2) is 139 Å². The number of aryl methyl sites for hydroxylation is 1. The quantitative estimate of drug-likeness (QED) is 0.213. The minimum atomic E-state index is -0.469. The average molecular weight is 518 g/mol. The van der Waals surface area contributed by atoms with Crippen molar-refractivity contribution in [2.24, 2.45) is 0 Å². The molecule has 7 aromatic carbocycles. The van der Waals surface area contributed by atoms with Crippen LogP contribution in [0.5, 0.6) is 0 Å². The van der Waals surface area contributed by atoms with Crippen LogP contribution >= 0.6 is 0 Å². The molecule has 1 aromatic heterocycles. The first kappa shape index (κ1) is 16.7. The van der Waals surface area contributed by atoms with Crippen LogP contribution in [0.2, 0.25) is 0 Å². The lowest BCUT2D eigenvalue weighted by atomic mass is 9.84. The minimum Gasteiger partial charge on any atom is -0.296 e. The zero-order valence-corrected chi connectivity index (χ0v) is 21.6. The lowest BCUT2D eigenvalue weighted by Gasteiger charge is -2.21. The topological polar surface area (TPSA) is 17.8 Å². The fraction of sp³-hybridized carbons (Fsp3) is 0.0263. The van der Waals surface area contributed by atoms with Crippen molar-refractivity contribution in [3.8, 4) is 27.9 Å². The molecule has 0 atom stereocenters. The Kier molecular flexibility index (Phi) is 3.72. The normalized spacial score (nSPS) is 14.1. The number of aromatic nitrogens is 2. The Labute approximate surface area is 242 Å². The van der Waals surface area contributed by atoms with Gasteiger partial charge in [0.1, 0.15) is 5.82 Å². The number of nitrogens with zero attached hydrogens (tertiary/aromatic N) is 2. The van der Waals surface area contributed by atoms with Crippen molar-refractivity contribution in [2.45, 2.75) is 6.92 Å². The molecule has 0 unspecified atom stereocenters. The highest BCUT2D eigenvalue weighted by atomic mass is 15.1. The Bertz CT molecular complexity index is 2560. The third kappa shape index (κ3) is 3.33. The number of fused-ring (bicyclic) bond motifs is 4. The largest absolute Gasteiger partial charge is 0.296 e. The average Bonchev–Trinajstić information content (AvgIpc) is 3.43. The third-order valence-corrected chi connectivity index (χ3v) is 7.64. The first-order valence-corrected chi connectivity index (χ1v) is 13.2. The Morgan fingerprint density at radius 1 is 0.550 bits per heavy atom. The van der Waals surface area contributed by atoms with Gasteiger partial charge in [0.05, 0.1) is 26.3 Å². The molecule has 8 rings (SSSR count). The fourth-order valence-corrected chi connectivity index (χ4v) is 6.02. The van der Waals surface area contributed by atoms with E-state index < -0.39 is 12.1 Å². The van der Waals surface area contributed by atoms with E-state index >= 15 is 0 Å². The molecule has 0 N–H and O–H groups in total. The van der Waals surface area contributed by atoms with E-state index in [-0.39, 0.29) is 46.5 Å². The summed E-state index contributed by atoms with van der Waals surface area (Å²) < 4.78 is 63.2. The number of hydrogen-bond donors (Lipinski definition) is 0. The van der Waals surface area contributed by atoms with Gasteiger partial charge in [0.15, 0.2) is 0 Å². The maximum absolute atomic E-state index is 9.17. The summed E-state index contributed by atoms with van der Waals surface area (Å²) in [6, 6.07) is 29.3. The molecule has 188 valence electrons. The van der Waals surface area contributed by atoms with Crippen molar-refractivity contribution in [2.75, 3.05) is 0 Å². The SMILES string of the molecule is [2H]c1c([2H])c([2H])c2c(-c3c4ccccc4c(-c4ccccc4-n4c(C)nc5ccccc54)c4ccccc34)c([2H])c([2H])c([2H])c2c1[2H]. The Hall–Kier alpha value is -5.21. The molecule has 0 aliphatic rings. The van der Waals surface area contributed by atoms with E-state index in [1.54, 1.807) is 0 Å². The molecule has 0 aliphatic carbocycles. The number of hydrogen-bond acceptors (Lipinski definition) is 1. The molecule has 0 saturated heterocycles. The standard InChI is InChI=1S/C38H26N2/c1-25-39-34-22-9-11-24-36(34)40(25)35-23-10-8-20-33(35)38-31-18-6-4-16-29(31)37(30-17-5-7-19-32(30)38)28-21-12-14-26-13-2-3-15-27(26)28/h2-24H,1H3/i2D,3D,12D,13D,14D,15D,21D. The first-order valence-electron chi connectivity index (χ1n) is 16.7. The van der Waals surface area contributed by atoms with E-state index in [0.29, 0.717) is 5.56 Å². The molecule has 0 fully saturated rings. The summed E-state index contributed by atoms with van der Waals surface area (Å²) in [5.74, 6) is 0.849. The van der Waals surface area contributed by atoms with Gasteiger partial charge in [-0.1, -0.05) is 121 Å². The van der Waals surface area contributed by atoms with Crippen LogP contribution in [0.1, 0.15) is 15.4 Å². The van der Waals surface area contributed by atoms with E-state index in [9.17, 15) is 1.37 Å². The predicted octanol–water partition coefficient (Wildman–Crippen LogP) is 10.1. The van der Waals surface area contributed by atoms with Gasteiger partial charge < -0.3 is 0 Å². The lowest BCUT2D eigenvalue weighted by Crippen LogP contribution is -2.00. The van der Waals surface area contributed by atoms with Gasteiger partial charge >= 0.3 is 0 Å². The Balaban J connectivity index is 1.57. The summed E-state index contributed by atoms with van der Waals surface area (Å²) in [6.45, 7) is 1.99. The molecule has 0 bridgehead atoms. The summed E-state index contributed by atoms with van der Waals surface area (Å²) >= 11 is 0. The highest BCUT2D eigenvalue weighted by Gasteiger charge is 2.20. The molecule has 2 heteroatoms. The van der Waals surface area contributed by atoms with Gasteiger partial charge in [-0.25, -0.2) is 4.98 Å². The van der Waals surface area contributed by atoms with E-state index in [2.05, 4.69) is 22.8 Å². The molecule has 0 radical (unpaired) electrons. The third-order valence-electron chi connectivity index (χ3n) is 7.64. The van der Waals surface area contributed by atoms with E-state index in [0.717, 1.165) is 55.2 Å². The number of para-hydroxylation sites is 3. The maximum atomic E-state index is 9.17. The first-order chi connectivity index (χ1) is 22.7. The van der Waals surface area contributed by atoms with Crippen LogP contribution in [0.25, 0.3) is 71.3 Å². The van der Waals surface area contributed by atoms with Gasteiger partial charge in [-0.2, -0.15) is 0 Å². The number of imidazole rings is 1. The molecule has 0 amide bonds. The predicted molar refractivity (Wildman–Crippen MR) is 169 cm³/mol. The summed E-state index contributed by atoms with van der Waals surface area (Å²) in [5, 5.41) is 3.31. The molecule has 8 aromatic rings. The highest BCUT2D eigenvalue weighted by Crippen LogP contribution is 2.46. The second-order valence-electron chi connectivity index (χ2n) is 9.84. The lowest BCUT2D eigenvalue weighted by molar-refractivity contribution is 1.00. The number of benzene rings is 7. The summed E-state index contributed by atoms with van der Waals surface area (Å²) in [4.78, 5) is 4.83. The van der Waals surface area contributed by atoms with Crippen LogP contribution in [-0.4, -0.2) is 9.55 Å². The zero-order valence-electron chi connectivity index (χ0n) is 28.6. The van der Waals surface area contributed by atoms with Crippen LogP contribution in [0.4, 0.5) is 0 Å². The fourth-order valence-electron chi connectivity index (χ4n) is 6.02. The molecular weight excluding hydrogens is 484 g/mol.